The molecule has 1 amide bonds. The van der Waals surface area contributed by atoms with Gasteiger partial charge < -0.3 is 11.1 Å². The van der Waals surface area contributed by atoms with Crippen LogP contribution in [-0.4, -0.2) is 26.9 Å². The largest absolute Gasteiger partial charge is 0.368 e. The predicted molar refractivity (Wildman–Crippen MR) is 94.2 cm³/mol. The lowest BCUT2D eigenvalue weighted by atomic mass is 10.0. The van der Waals surface area contributed by atoms with Gasteiger partial charge in [-0.25, -0.2) is 9.97 Å². The Balaban J connectivity index is 2.13. The Hall–Kier alpha value is -3.02. The number of hydrogen-bond acceptors (Lipinski definition) is 5. The summed E-state index contributed by atoms with van der Waals surface area (Å²) in [5, 5.41) is 4.03. The Labute approximate surface area is 140 Å². The van der Waals surface area contributed by atoms with Crippen molar-refractivity contribution in [3.05, 3.63) is 48.8 Å². The number of aromatic nitrogens is 3. The van der Waals surface area contributed by atoms with E-state index >= 15 is 0 Å². The van der Waals surface area contributed by atoms with Gasteiger partial charge in [-0.3, -0.25) is 9.78 Å². The molecule has 0 aliphatic heterocycles. The minimum absolute atomic E-state index is 0.0399. The molecule has 2 heterocycles. The van der Waals surface area contributed by atoms with E-state index in [9.17, 15) is 4.79 Å². The molecule has 3 rings (SSSR count). The van der Waals surface area contributed by atoms with E-state index in [0.717, 1.165) is 16.5 Å². The van der Waals surface area contributed by atoms with Gasteiger partial charge in [0.2, 0.25) is 5.91 Å². The van der Waals surface area contributed by atoms with Crippen molar-refractivity contribution in [2.45, 2.75) is 19.9 Å². The zero-order chi connectivity index (χ0) is 17.1. The Morgan fingerprint density at radius 1 is 1.12 bits per heavy atom. The van der Waals surface area contributed by atoms with Crippen molar-refractivity contribution >= 4 is 22.6 Å². The number of fused-ring (bicyclic) bond motifs is 1. The topological polar surface area (TPSA) is 93.8 Å². The predicted octanol–water partition coefficient (Wildman–Crippen LogP) is 2.61. The molecule has 1 atom stereocenters. The SMILES string of the molecule is CC(C)[C@@H](Nc1nc(-c2cccnc2)nc2ccccc12)C(N)=O. The summed E-state index contributed by atoms with van der Waals surface area (Å²) < 4.78 is 0. The fraction of sp³-hybridized carbons (Fsp3) is 0.222. The Kier molecular flexibility index (Phi) is 4.37. The van der Waals surface area contributed by atoms with Crippen LogP contribution < -0.4 is 11.1 Å². The number of benzene rings is 1. The van der Waals surface area contributed by atoms with Crippen molar-refractivity contribution in [2.75, 3.05) is 5.32 Å². The third kappa shape index (κ3) is 3.17. The van der Waals surface area contributed by atoms with Crippen LogP contribution in [0.5, 0.6) is 0 Å². The minimum atomic E-state index is -0.509. The molecule has 24 heavy (non-hydrogen) atoms. The number of nitrogens with two attached hydrogens (primary N) is 1. The molecule has 0 spiro atoms. The standard InChI is InChI=1S/C18H19N5O/c1-11(2)15(16(19)24)22-18-13-7-3-4-8-14(13)21-17(23-18)12-6-5-9-20-10-12/h3-11,15H,1-2H3,(H2,19,24)(H,21,22,23)/t15-/m1/s1. The normalized spacial score (nSPS) is 12.3. The smallest absolute Gasteiger partial charge is 0.240 e. The van der Waals surface area contributed by atoms with Crippen LogP contribution in [0.2, 0.25) is 0 Å². The van der Waals surface area contributed by atoms with E-state index < -0.39 is 11.9 Å². The second kappa shape index (κ2) is 6.62. The molecule has 0 saturated carbocycles. The zero-order valence-corrected chi connectivity index (χ0v) is 13.6. The molecule has 0 aliphatic carbocycles. The number of amides is 1. The van der Waals surface area contributed by atoms with Crippen molar-refractivity contribution in [1.29, 1.82) is 0 Å². The van der Waals surface area contributed by atoms with Crippen molar-refractivity contribution in [2.24, 2.45) is 11.7 Å². The first kappa shape index (κ1) is 15.9. The van der Waals surface area contributed by atoms with Crippen LogP contribution in [0.15, 0.2) is 48.8 Å². The van der Waals surface area contributed by atoms with Crippen molar-refractivity contribution in [1.82, 2.24) is 15.0 Å². The fourth-order valence-corrected chi connectivity index (χ4v) is 2.52. The molecule has 0 radical (unpaired) electrons. The summed E-state index contributed by atoms with van der Waals surface area (Å²) in [4.78, 5) is 25.1. The number of para-hydroxylation sites is 1. The average molecular weight is 321 g/mol. The number of carbonyl (C=O) groups is 1. The highest BCUT2D eigenvalue weighted by Crippen LogP contribution is 2.25. The average Bonchev–Trinajstić information content (AvgIpc) is 2.59. The van der Waals surface area contributed by atoms with Crippen molar-refractivity contribution in [3.63, 3.8) is 0 Å². The van der Waals surface area contributed by atoms with Crippen LogP contribution in [0.25, 0.3) is 22.3 Å². The van der Waals surface area contributed by atoms with Gasteiger partial charge in [0.25, 0.3) is 0 Å². The molecule has 122 valence electrons. The monoisotopic (exact) mass is 321 g/mol. The van der Waals surface area contributed by atoms with Crippen LogP contribution in [0.4, 0.5) is 5.82 Å². The lowest BCUT2D eigenvalue weighted by Gasteiger charge is -2.20. The van der Waals surface area contributed by atoms with Crippen LogP contribution in [0.3, 0.4) is 0 Å². The molecule has 0 unspecified atom stereocenters. The number of primary amides is 1. The fourth-order valence-electron chi connectivity index (χ4n) is 2.52. The summed E-state index contributed by atoms with van der Waals surface area (Å²) in [5.74, 6) is 0.780. The summed E-state index contributed by atoms with van der Waals surface area (Å²) in [6.07, 6.45) is 3.41. The number of anilines is 1. The van der Waals surface area contributed by atoms with E-state index in [2.05, 4.69) is 20.3 Å². The van der Waals surface area contributed by atoms with Crippen LogP contribution >= 0.6 is 0 Å². The molecule has 3 aromatic rings. The first-order valence-electron chi connectivity index (χ1n) is 7.79. The highest BCUT2D eigenvalue weighted by Gasteiger charge is 2.21. The van der Waals surface area contributed by atoms with Gasteiger partial charge in [0.1, 0.15) is 11.9 Å². The van der Waals surface area contributed by atoms with Gasteiger partial charge in [-0.05, 0) is 30.2 Å². The number of nitrogens with zero attached hydrogens (tertiary/aromatic N) is 3. The van der Waals surface area contributed by atoms with Crippen molar-refractivity contribution < 1.29 is 4.79 Å². The third-order valence-electron chi connectivity index (χ3n) is 3.79. The second-order valence-corrected chi connectivity index (χ2v) is 5.92. The molecule has 6 heteroatoms. The lowest BCUT2D eigenvalue weighted by molar-refractivity contribution is -0.119. The minimum Gasteiger partial charge on any atom is -0.368 e. The van der Waals surface area contributed by atoms with Gasteiger partial charge in [0.15, 0.2) is 5.82 Å². The summed E-state index contributed by atoms with van der Waals surface area (Å²) >= 11 is 0. The number of hydrogen-bond donors (Lipinski definition) is 2. The summed E-state index contributed by atoms with van der Waals surface area (Å²) in [6.45, 7) is 3.88. The Morgan fingerprint density at radius 3 is 2.58 bits per heavy atom. The Morgan fingerprint density at radius 2 is 1.92 bits per heavy atom. The first-order valence-corrected chi connectivity index (χ1v) is 7.79. The number of rotatable bonds is 5. The molecule has 3 N–H and O–H groups in total. The summed E-state index contributed by atoms with van der Waals surface area (Å²) in [6, 6.07) is 10.9. The van der Waals surface area contributed by atoms with E-state index in [1.165, 1.54) is 0 Å². The van der Waals surface area contributed by atoms with Crippen molar-refractivity contribution in [3.8, 4) is 11.4 Å². The van der Waals surface area contributed by atoms with Crippen LogP contribution in [0.1, 0.15) is 13.8 Å². The van der Waals surface area contributed by atoms with E-state index in [0.29, 0.717) is 11.6 Å². The number of pyridine rings is 1. The quantitative estimate of drug-likeness (QED) is 0.753. The molecule has 0 bridgehead atoms. The third-order valence-corrected chi connectivity index (χ3v) is 3.79. The molecule has 0 saturated heterocycles. The Bertz CT molecular complexity index is 864. The molecule has 2 aromatic heterocycles. The highest BCUT2D eigenvalue weighted by atomic mass is 16.1. The maximum atomic E-state index is 11.7. The molecule has 6 nitrogen and oxygen atoms in total. The van der Waals surface area contributed by atoms with Crippen LogP contribution in [-0.2, 0) is 4.79 Å². The summed E-state index contributed by atoms with van der Waals surface area (Å²) in [7, 11) is 0. The van der Waals surface area contributed by atoms with Crippen LogP contribution in [0, 0.1) is 5.92 Å². The lowest BCUT2D eigenvalue weighted by Crippen LogP contribution is -2.39. The van der Waals surface area contributed by atoms with Gasteiger partial charge in [0.05, 0.1) is 5.52 Å². The van der Waals surface area contributed by atoms with Gasteiger partial charge in [0, 0.05) is 23.3 Å². The van der Waals surface area contributed by atoms with Gasteiger partial charge in [-0.1, -0.05) is 26.0 Å². The second-order valence-electron chi connectivity index (χ2n) is 5.92. The van der Waals surface area contributed by atoms with E-state index in [1.807, 2.05) is 50.2 Å². The highest BCUT2D eigenvalue weighted by molar-refractivity contribution is 5.93. The van der Waals surface area contributed by atoms with Gasteiger partial charge in [-0.15, -0.1) is 0 Å². The molecule has 1 aromatic carbocycles. The van der Waals surface area contributed by atoms with E-state index in [1.54, 1.807) is 12.4 Å². The summed E-state index contributed by atoms with van der Waals surface area (Å²) in [5.41, 5.74) is 7.13. The molecule has 0 fully saturated rings. The molecular formula is C18H19N5O. The molecule has 0 aliphatic rings. The van der Waals surface area contributed by atoms with Gasteiger partial charge >= 0.3 is 0 Å². The molecular weight excluding hydrogens is 302 g/mol. The van der Waals surface area contributed by atoms with E-state index in [-0.39, 0.29) is 5.92 Å². The number of nitrogens with one attached hydrogen (secondary N) is 1. The first-order chi connectivity index (χ1) is 11.6. The number of carbonyl (C=O) groups excluding carboxylic acids is 1. The zero-order valence-electron chi connectivity index (χ0n) is 13.6. The van der Waals surface area contributed by atoms with Gasteiger partial charge in [-0.2, -0.15) is 0 Å². The maximum absolute atomic E-state index is 11.7. The maximum Gasteiger partial charge on any atom is 0.240 e. The van der Waals surface area contributed by atoms with E-state index in [4.69, 9.17) is 5.73 Å².